The number of hydrogen-bond donors (Lipinski definition) is 2. The minimum Gasteiger partial charge on any atom is -0.305 e. The third kappa shape index (κ3) is 2.22. The highest BCUT2D eigenvalue weighted by Crippen LogP contribution is 2.05. The van der Waals surface area contributed by atoms with Gasteiger partial charge in [0.25, 0.3) is 5.91 Å². The standard InChI is InChI=1S/C10H10N4O2/c1-6-2-3-8(11-5-6)12-10(16)7-4-9(15)14-13-7/h2-3,5H,4H2,1H3,(H,14,15)(H,11,12,16). The van der Waals surface area contributed by atoms with Crippen LogP contribution in [0.25, 0.3) is 0 Å². The summed E-state index contributed by atoms with van der Waals surface area (Å²) in [5, 5.41) is 6.17. The molecule has 2 heterocycles. The van der Waals surface area contributed by atoms with Gasteiger partial charge < -0.3 is 5.32 Å². The van der Waals surface area contributed by atoms with Gasteiger partial charge in [-0.15, -0.1) is 0 Å². The molecule has 0 saturated carbocycles. The maximum atomic E-state index is 11.6. The molecule has 1 aliphatic rings. The van der Waals surface area contributed by atoms with E-state index >= 15 is 0 Å². The van der Waals surface area contributed by atoms with Crippen LogP contribution in [0.3, 0.4) is 0 Å². The van der Waals surface area contributed by atoms with Gasteiger partial charge in [-0.05, 0) is 18.6 Å². The van der Waals surface area contributed by atoms with E-state index in [4.69, 9.17) is 0 Å². The highest BCUT2D eigenvalue weighted by Gasteiger charge is 2.21. The molecule has 0 aromatic carbocycles. The maximum Gasteiger partial charge on any atom is 0.273 e. The third-order valence-corrected chi connectivity index (χ3v) is 2.06. The molecule has 2 N–H and O–H groups in total. The molecule has 0 spiro atoms. The number of carbonyl (C=O) groups is 2. The molecule has 6 heteroatoms. The third-order valence-electron chi connectivity index (χ3n) is 2.06. The van der Waals surface area contributed by atoms with E-state index in [0.29, 0.717) is 5.82 Å². The number of aromatic nitrogens is 1. The summed E-state index contributed by atoms with van der Waals surface area (Å²) in [5.74, 6) is -0.241. The molecule has 1 aliphatic heterocycles. The summed E-state index contributed by atoms with van der Waals surface area (Å²) in [7, 11) is 0. The summed E-state index contributed by atoms with van der Waals surface area (Å²) in [4.78, 5) is 26.4. The van der Waals surface area contributed by atoms with Crippen molar-refractivity contribution in [3.05, 3.63) is 23.9 Å². The fourth-order valence-electron chi connectivity index (χ4n) is 1.22. The summed E-state index contributed by atoms with van der Waals surface area (Å²) >= 11 is 0. The van der Waals surface area contributed by atoms with Gasteiger partial charge in [0.05, 0.1) is 6.42 Å². The molecule has 0 radical (unpaired) electrons. The normalized spacial score (nSPS) is 14.3. The molecular weight excluding hydrogens is 208 g/mol. The number of nitrogens with one attached hydrogen (secondary N) is 2. The Morgan fingerprint density at radius 1 is 1.50 bits per heavy atom. The molecule has 0 atom stereocenters. The second-order valence-corrected chi connectivity index (χ2v) is 3.45. The minimum absolute atomic E-state index is 0.0116. The average Bonchev–Trinajstić information content (AvgIpc) is 2.68. The number of amides is 2. The quantitative estimate of drug-likeness (QED) is 0.744. The topological polar surface area (TPSA) is 83.5 Å². The lowest BCUT2D eigenvalue weighted by Gasteiger charge is -2.02. The van der Waals surface area contributed by atoms with Crippen LogP contribution in [0, 0.1) is 6.92 Å². The second kappa shape index (κ2) is 4.09. The van der Waals surface area contributed by atoms with Crippen molar-refractivity contribution in [2.24, 2.45) is 5.10 Å². The van der Waals surface area contributed by atoms with E-state index in [-0.39, 0.29) is 18.0 Å². The van der Waals surface area contributed by atoms with Gasteiger partial charge in [-0.2, -0.15) is 5.10 Å². The second-order valence-electron chi connectivity index (χ2n) is 3.45. The molecule has 2 amide bonds. The Hall–Kier alpha value is -2.24. The number of carbonyl (C=O) groups excluding carboxylic acids is 2. The Bertz CT molecular complexity index is 464. The zero-order chi connectivity index (χ0) is 11.5. The number of anilines is 1. The molecule has 6 nitrogen and oxygen atoms in total. The Balaban J connectivity index is 2.02. The first-order valence-corrected chi connectivity index (χ1v) is 4.74. The predicted molar refractivity (Wildman–Crippen MR) is 57.8 cm³/mol. The molecule has 16 heavy (non-hydrogen) atoms. The summed E-state index contributed by atoms with van der Waals surface area (Å²) in [6, 6.07) is 3.53. The van der Waals surface area contributed by atoms with Crippen molar-refractivity contribution < 1.29 is 9.59 Å². The van der Waals surface area contributed by atoms with Gasteiger partial charge in [0.1, 0.15) is 11.5 Å². The highest BCUT2D eigenvalue weighted by molar-refractivity contribution is 6.46. The fourth-order valence-corrected chi connectivity index (χ4v) is 1.22. The van der Waals surface area contributed by atoms with Crippen LogP contribution in [0.15, 0.2) is 23.4 Å². The Morgan fingerprint density at radius 2 is 2.31 bits per heavy atom. The van der Waals surface area contributed by atoms with Crippen molar-refractivity contribution >= 4 is 23.3 Å². The monoisotopic (exact) mass is 218 g/mol. The van der Waals surface area contributed by atoms with Gasteiger partial charge in [0.15, 0.2) is 0 Å². The van der Waals surface area contributed by atoms with Crippen LogP contribution in [-0.4, -0.2) is 22.5 Å². The van der Waals surface area contributed by atoms with E-state index in [1.807, 2.05) is 13.0 Å². The first-order chi connectivity index (χ1) is 7.65. The van der Waals surface area contributed by atoms with Crippen molar-refractivity contribution in [2.45, 2.75) is 13.3 Å². The molecule has 1 aromatic heterocycles. The SMILES string of the molecule is Cc1ccc(NC(=O)C2=NNC(=O)C2)nc1. The van der Waals surface area contributed by atoms with Crippen LogP contribution >= 0.6 is 0 Å². The first-order valence-electron chi connectivity index (χ1n) is 4.74. The van der Waals surface area contributed by atoms with Crippen LogP contribution in [0.2, 0.25) is 0 Å². The van der Waals surface area contributed by atoms with Crippen molar-refractivity contribution in [3.8, 4) is 0 Å². The molecule has 82 valence electrons. The van der Waals surface area contributed by atoms with Gasteiger partial charge in [0, 0.05) is 6.20 Å². The van der Waals surface area contributed by atoms with E-state index in [1.54, 1.807) is 12.3 Å². The zero-order valence-electron chi connectivity index (χ0n) is 8.65. The van der Waals surface area contributed by atoms with Gasteiger partial charge in [-0.25, -0.2) is 10.4 Å². The van der Waals surface area contributed by atoms with Crippen LogP contribution in [0.4, 0.5) is 5.82 Å². The number of aryl methyl sites for hydroxylation is 1. The summed E-state index contributed by atoms with van der Waals surface area (Å²) < 4.78 is 0. The van der Waals surface area contributed by atoms with E-state index < -0.39 is 5.91 Å². The molecule has 1 aromatic rings. The van der Waals surface area contributed by atoms with E-state index in [2.05, 4.69) is 20.8 Å². The van der Waals surface area contributed by atoms with Gasteiger partial charge >= 0.3 is 0 Å². The number of hydrogen-bond acceptors (Lipinski definition) is 4. The number of pyridine rings is 1. The summed E-state index contributed by atoms with van der Waals surface area (Å²) in [6.07, 6.45) is 1.66. The van der Waals surface area contributed by atoms with E-state index in [9.17, 15) is 9.59 Å². The van der Waals surface area contributed by atoms with Crippen LogP contribution in [0.1, 0.15) is 12.0 Å². The molecular formula is C10H10N4O2. The lowest BCUT2D eigenvalue weighted by atomic mass is 10.2. The lowest BCUT2D eigenvalue weighted by molar-refractivity contribution is -0.119. The molecule has 2 rings (SSSR count). The van der Waals surface area contributed by atoms with Gasteiger partial charge in [-0.1, -0.05) is 6.07 Å². The van der Waals surface area contributed by atoms with Crippen molar-refractivity contribution in [1.82, 2.24) is 10.4 Å². The summed E-state index contributed by atoms with van der Waals surface area (Å²) in [6.45, 7) is 1.91. The van der Waals surface area contributed by atoms with Gasteiger partial charge in [-0.3, -0.25) is 9.59 Å². The Morgan fingerprint density at radius 3 is 2.88 bits per heavy atom. The largest absolute Gasteiger partial charge is 0.305 e. The van der Waals surface area contributed by atoms with E-state index in [1.165, 1.54) is 0 Å². The fraction of sp³-hybridized carbons (Fsp3) is 0.200. The van der Waals surface area contributed by atoms with Crippen LogP contribution < -0.4 is 10.7 Å². The minimum atomic E-state index is -0.408. The average molecular weight is 218 g/mol. The molecule has 0 unspecified atom stereocenters. The molecule has 0 fully saturated rings. The highest BCUT2D eigenvalue weighted by atomic mass is 16.2. The summed E-state index contributed by atoms with van der Waals surface area (Å²) in [5.41, 5.74) is 3.39. The maximum absolute atomic E-state index is 11.6. The number of rotatable bonds is 2. The van der Waals surface area contributed by atoms with E-state index in [0.717, 1.165) is 5.56 Å². The number of nitrogens with zero attached hydrogens (tertiary/aromatic N) is 2. The van der Waals surface area contributed by atoms with Crippen molar-refractivity contribution in [3.63, 3.8) is 0 Å². The predicted octanol–water partition coefficient (Wildman–Crippen LogP) is 0.204. The van der Waals surface area contributed by atoms with Gasteiger partial charge in [0.2, 0.25) is 5.91 Å². The Kier molecular flexibility index (Phi) is 2.63. The molecule has 0 saturated heterocycles. The van der Waals surface area contributed by atoms with Crippen LogP contribution in [0.5, 0.6) is 0 Å². The lowest BCUT2D eigenvalue weighted by Crippen LogP contribution is -2.22. The van der Waals surface area contributed by atoms with Crippen molar-refractivity contribution in [2.75, 3.05) is 5.32 Å². The number of hydrazone groups is 1. The first kappa shape index (κ1) is 10.3. The Labute approximate surface area is 91.8 Å². The van der Waals surface area contributed by atoms with Crippen molar-refractivity contribution in [1.29, 1.82) is 0 Å². The molecule has 0 aliphatic carbocycles. The molecule has 0 bridgehead atoms. The van der Waals surface area contributed by atoms with Crippen LogP contribution in [-0.2, 0) is 9.59 Å². The zero-order valence-corrected chi connectivity index (χ0v) is 8.65. The smallest absolute Gasteiger partial charge is 0.273 e.